The van der Waals surface area contributed by atoms with Gasteiger partial charge >= 0.3 is 5.97 Å². The first kappa shape index (κ1) is 8.64. The second kappa shape index (κ2) is 3.62. The number of aliphatic hydroxyl groups excluding tert-OH is 1. The molecule has 0 aromatic heterocycles. The molecular weight excluding hydrogens is 138 g/mol. The zero-order chi connectivity index (χ0) is 8.15. The van der Waals surface area contributed by atoms with Crippen LogP contribution in [-0.4, -0.2) is 23.8 Å². The molecule has 3 N–H and O–H groups in total. The van der Waals surface area contributed by atoms with Gasteiger partial charge in [-0.3, -0.25) is 4.79 Å². The molecule has 0 unspecified atom stereocenters. The third kappa shape index (κ3) is 2.27. The van der Waals surface area contributed by atoms with Gasteiger partial charge in [0.1, 0.15) is 5.57 Å². The van der Waals surface area contributed by atoms with E-state index in [-0.39, 0.29) is 0 Å². The highest BCUT2D eigenvalue weighted by Gasteiger charge is 2.12. The smallest absolute Gasteiger partial charge is 0.345 e. The fourth-order valence-corrected chi connectivity index (χ4v) is 0.246. The molecule has 0 rings (SSSR count). The summed E-state index contributed by atoms with van der Waals surface area (Å²) in [5.41, 5.74) is 4.17. The quantitative estimate of drug-likeness (QED) is 0.167. The van der Waals surface area contributed by atoms with Crippen LogP contribution in [-0.2, 0) is 14.3 Å². The third-order valence-electron chi connectivity index (χ3n) is 0.739. The van der Waals surface area contributed by atoms with Crippen molar-refractivity contribution in [1.82, 2.24) is 0 Å². The monoisotopic (exact) mass is 145 g/mol. The molecule has 56 valence electrons. The van der Waals surface area contributed by atoms with Gasteiger partial charge in [-0.05, 0) is 0 Å². The first-order valence-corrected chi connectivity index (χ1v) is 2.36. The fourth-order valence-electron chi connectivity index (χ4n) is 0.246. The molecule has 0 heterocycles. The van der Waals surface area contributed by atoms with Crippen LogP contribution in [0.5, 0.6) is 0 Å². The second-order valence-corrected chi connectivity index (χ2v) is 1.40. The Morgan fingerprint density at radius 1 is 1.60 bits per heavy atom. The summed E-state index contributed by atoms with van der Waals surface area (Å²) in [4.78, 5) is 20.6. The van der Waals surface area contributed by atoms with Crippen molar-refractivity contribution in [2.45, 2.75) is 0 Å². The standard InChI is InChI=1S/C5H7NO4/c1-3(4(6)8)5(9)10-2-7/h7H,1-2H2,(H2,6,8). The minimum absolute atomic E-state index is 0.478. The Morgan fingerprint density at radius 3 is 2.40 bits per heavy atom. The zero-order valence-electron chi connectivity index (χ0n) is 5.16. The molecule has 5 heteroatoms. The van der Waals surface area contributed by atoms with Gasteiger partial charge in [0.05, 0.1) is 0 Å². The van der Waals surface area contributed by atoms with E-state index in [2.05, 4.69) is 17.0 Å². The number of primary amides is 1. The molecule has 0 bridgehead atoms. The van der Waals surface area contributed by atoms with E-state index in [1.807, 2.05) is 0 Å². The Balaban J connectivity index is 3.96. The SMILES string of the molecule is C=C(C(N)=O)C(=O)OCO. The topological polar surface area (TPSA) is 89.6 Å². The number of aliphatic hydroxyl groups is 1. The summed E-state index contributed by atoms with van der Waals surface area (Å²) in [6.07, 6.45) is 0. The van der Waals surface area contributed by atoms with Crippen molar-refractivity contribution < 1.29 is 19.4 Å². The van der Waals surface area contributed by atoms with Crippen LogP contribution in [0.4, 0.5) is 0 Å². The van der Waals surface area contributed by atoms with Gasteiger partial charge in [0, 0.05) is 0 Å². The maximum Gasteiger partial charge on any atom is 0.345 e. The van der Waals surface area contributed by atoms with Crippen LogP contribution in [0.2, 0.25) is 0 Å². The Kier molecular flexibility index (Phi) is 3.13. The number of carbonyl (C=O) groups excluding carboxylic acids is 2. The summed E-state index contributed by atoms with van der Waals surface area (Å²) in [5, 5.41) is 8.03. The van der Waals surface area contributed by atoms with Gasteiger partial charge in [-0.1, -0.05) is 6.58 Å². The molecule has 1 amide bonds. The van der Waals surface area contributed by atoms with Crippen molar-refractivity contribution in [2.75, 3.05) is 6.79 Å². The molecule has 0 atom stereocenters. The van der Waals surface area contributed by atoms with Crippen molar-refractivity contribution in [1.29, 1.82) is 0 Å². The van der Waals surface area contributed by atoms with E-state index in [0.717, 1.165) is 0 Å². The molecule has 0 aliphatic heterocycles. The normalized spacial score (nSPS) is 8.50. The number of nitrogens with two attached hydrogens (primary N) is 1. The highest BCUT2D eigenvalue weighted by molar-refractivity contribution is 6.15. The predicted molar refractivity (Wildman–Crippen MR) is 31.5 cm³/mol. The number of carbonyl (C=O) groups is 2. The molecule has 0 radical (unpaired) electrons. The Hall–Kier alpha value is -1.36. The molecule has 0 aliphatic rings. The van der Waals surface area contributed by atoms with E-state index < -0.39 is 24.2 Å². The first-order chi connectivity index (χ1) is 4.59. The van der Waals surface area contributed by atoms with Gasteiger partial charge in [0.2, 0.25) is 0 Å². The van der Waals surface area contributed by atoms with E-state index in [1.165, 1.54) is 0 Å². The largest absolute Gasteiger partial charge is 0.435 e. The van der Waals surface area contributed by atoms with Crippen LogP contribution in [0, 0.1) is 0 Å². The van der Waals surface area contributed by atoms with E-state index in [9.17, 15) is 9.59 Å². The van der Waals surface area contributed by atoms with Crippen LogP contribution in [0.25, 0.3) is 0 Å². The second-order valence-electron chi connectivity index (χ2n) is 1.40. The van der Waals surface area contributed by atoms with E-state index >= 15 is 0 Å². The van der Waals surface area contributed by atoms with Crippen LogP contribution in [0.3, 0.4) is 0 Å². The summed E-state index contributed by atoms with van der Waals surface area (Å²) in [5.74, 6) is -1.96. The average Bonchev–Trinajstić information content (AvgIpc) is 1.87. The molecule has 10 heavy (non-hydrogen) atoms. The lowest BCUT2D eigenvalue weighted by Crippen LogP contribution is -2.21. The van der Waals surface area contributed by atoms with Crippen LogP contribution in [0.15, 0.2) is 12.2 Å². The average molecular weight is 145 g/mol. The molecule has 0 aromatic rings. The van der Waals surface area contributed by atoms with Crippen LogP contribution in [0.1, 0.15) is 0 Å². The zero-order valence-corrected chi connectivity index (χ0v) is 5.16. The number of ether oxygens (including phenoxy) is 1. The van der Waals surface area contributed by atoms with Gasteiger partial charge < -0.3 is 15.6 Å². The first-order valence-electron chi connectivity index (χ1n) is 2.36. The summed E-state index contributed by atoms with van der Waals surface area (Å²) in [6.45, 7) is 2.23. The Labute approximate surface area is 57.1 Å². The summed E-state index contributed by atoms with van der Waals surface area (Å²) in [6, 6.07) is 0. The Morgan fingerprint density at radius 2 is 2.10 bits per heavy atom. The number of hydrogen-bond donors (Lipinski definition) is 2. The van der Waals surface area contributed by atoms with Gasteiger partial charge in [-0.15, -0.1) is 0 Å². The van der Waals surface area contributed by atoms with Crippen molar-refractivity contribution in [3.05, 3.63) is 12.2 Å². The third-order valence-corrected chi connectivity index (χ3v) is 0.739. The summed E-state index contributed by atoms with van der Waals surface area (Å²) < 4.78 is 3.98. The van der Waals surface area contributed by atoms with E-state index in [4.69, 9.17) is 5.11 Å². The number of esters is 1. The lowest BCUT2D eigenvalue weighted by molar-refractivity contribution is -0.147. The van der Waals surface area contributed by atoms with Crippen molar-refractivity contribution in [3.8, 4) is 0 Å². The van der Waals surface area contributed by atoms with E-state index in [1.54, 1.807) is 0 Å². The summed E-state index contributed by atoms with van der Waals surface area (Å²) in [7, 11) is 0. The molecule has 0 fully saturated rings. The van der Waals surface area contributed by atoms with Crippen molar-refractivity contribution in [3.63, 3.8) is 0 Å². The molecule has 0 aliphatic carbocycles. The molecule has 5 nitrogen and oxygen atoms in total. The lowest BCUT2D eigenvalue weighted by Gasteiger charge is -1.98. The van der Waals surface area contributed by atoms with Gasteiger partial charge in [-0.25, -0.2) is 4.79 Å². The highest BCUT2D eigenvalue weighted by atomic mass is 16.6. The molecule has 0 aromatic carbocycles. The number of amides is 1. The number of hydrogen-bond acceptors (Lipinski definition) is 4. The molecule has 0 saturated heterocycles. The van der Waals surface area contributed by atoms with Gasteiger partial charge in [-0.2, -0.15) is 0 Å². The van der Waals surface area contributed by atoms with Crippen molar-refractivity contribution >= 4 is 11.9 Å². The minimum atomic E-state index is -1.00. The van der Waals surface area contributed by atoms with Crippen LogP contribution >= 0.6 is 0 Å². The van der Waals surface area contributed by atoms with E-state index in [0.29, 0.717) is 0 Å². The minimum Gasteiger partial charge on any atom is -0.435 e. The molecule has 0 spiro atoms. The van der Waals surface area contributed by atoms with Gasteiger partial charge in [0.25, 0.3) is 5.91 Å². The predicted octanol–water partition coefficient (Wildman–Crippen LogP) is -1.48. The Bertz CT molecular complexity index is 174. The van der Waals surface area contributed by atoms with Crippen molar-refractivity contribution in [2.24, 2.45) is 5.73 Å². The maximum absolute atomic E-state index is 10.4. The molecular formula is C5H7NO4. The summed E-state index contributed by atoms with van der Waals surface area (Å²) >= 11 is 0. The number of rotatable bonds is 3. The van der Waals surface area contributed by atoms with Crippen LogP contribution < -0.4 is 5.73 Å². The molecule has 0 saturated carbocycles. The highest BCUT2D eigenvalue weighted by Crippen LogP contribution is 1.91. The fraction of sp³-hybridized carbons (Fsp3) is 0.200. The van der Waals surface area contributed by atoms with Gasteiger partial charge in [0.15, 0.2) is 6.79 Å². The maximum atomic E-state index is 10.4. The lowest BCUT2D eigenvalue weighted by atomic mass is 10.3.